The maximum Gasteiger partial charge on any atom is 0.410 e. The van der Waals surface area contributed by atoms with Crippen molar-refractivity contribution in [3.63, 3.8) is 0 Å². The Morgan fingerprint density at radius 2 is 2.00 bits per heavy atom. The summed E-state index contributed by atoms with van der Waals surface area (Å²) in [7, 11) is 0. The summed E-state index contributed by atoms with van der Waals surface area (Å²) in [6.07, 6.45) is 0.826. The second kappa shape index (κ2) is 9.03. The molecule has 1 amide bonds. The van der Waals surface area contributed by atoms with Crippen LogP contribution in [0.15, 0.2) is 43.0 Å². The second-order valence-corrected chi connectivity index (χ2v) is 8.22. The molecule has 0 aliphatic carbocycles. The highest BCUT2D eigenvalue weighted by Crippen LogP contribution is 2.46. The minimum absolute atomic E-state index is 0.0382. The van der Waals surface area contributed by atoms with E-state index in [1.165, 1.54) is 0 Å². The molecule has 0 saturated carbocycles. The van der Waals surface area contributed by atoms with Crippen LogP contribution in [0.25, 0.3) is 0 Å². The standard InChI is InChI=1S/C20H19Cl2F3N6O/c21-13-4-2-12(3-5-13)14-10-15(20(23,24)25)31-18(28-14)16(22)17(29-31)19(32)27-6-1-8-30-9-7-26-11-30/h2-5,7,9,11,14-15,28H,1,6,8,10H2,(H,27,32)/t14-,15-/m0/s1. The Morgan fingerprint density at radius 3 is 2.66 bits per heavy atom. The molecule has 0 saturated heterocycles. The van der Waals surface area contributed by atoms with Gasteiger partial charge in [-0.1, -0.05) is 35.3 Å². The molecule has 0 unspecified atom stereocenters. The molecule has 2 N–H and O–H groups in total. The molecular formula is C20H19Cl2F3N6O. The van der Waals surface area contributed by atoms with Crippen LogP contribution in [0.2, 0.25) is 10.0 Å². The number of fused-ring (bicyclic) bond motifs is 1. The number of aromatic nitrogens is 4. The summed E-state index contributed by atoms with van der Waals surface area (Å²) in [5.74, 6) is -0.669. The predicted octanol–water partition coefficient (Wildman–Crippen LogP) is 4.87. The van der Waals surface area contributed by atoms with E-state index in [0.29, 0.717) is 30.1 Å². The molecule has 1 aliphatic rings. The van der Waals surface area contributed by atoms with Crippen molar-refractivity contribution in [2.24, 2.45) is 0 Å². The number of halogens is 5. The molecule has 2 aromatic heterocycles. The number of rotatable bonds is 6. The summed E-state index contributed by atoms with van der Waals surface area (Å²) in [5, 5.41) is 9.91. The van der Waals surface area contributed by atoms with Crippen molar-refractivity contribution >= 4 is 34.9 Å². The highest BCUT2D eigenvalue weighted by Gasteiger charge is 2.47. The average molecular weight is 487 g/mol. The van der Waals surface area contributed by atoms with Gasteiger partial charge in [0.1, 0.15) is 10.8 Å². The molecular weight excluding hydrogens is 468 g/mol. The van der Waals surface area contributed by atoms with E-state index in [4.69, 9.17) is 23.2 Å². The van der Waals surface area contributed by atoms with Gasteiger partial charge in [-0.25, -0.2) is 9.67 Å². The molecule has 12 heteroatoms. The van der Waals surface area contributed by atoms with Gasteiger partial charge in [0, 0.05) is 36.9 Å². The van der Waals surface area contributed by atoms with E-state index in [1.807, 2.05) is 4.57 Å². The lowest BCUT2D eigenvalue weighted by molar-refractivity contribution is -0.173. The summed E-state index contributed by atoms with van der Waals surface area (Å²) < 4.78 is 44.1. The van der Waals surface area contributed by atoms with Crippen molar-refractivity contribution in [1.29, 1.82) is 0 Å². The number of nitrogens with zero attached hydrogens (tertiary/aromatic N) is 4. The minimum atomic E-state index is -4.57. The number of imidazole rings is 1. The van der Waals surface area contributed by atoms with Crippen molar-refractivity contribution in [3.05, 3.63) is 64.3 Å². The zero-order valence-corrected chi connectivity index (χ0v) is 18.1. The fourth-order valence-corrected chi connectivity index (χ4v) is 4.01. The maximum atomic E-state index is 13.8. The van der Waals surface area contributed by atoms with Crippen LogP contribution in [0.1, 0.15) is 41.0 Å². The third-order valence-corrected chi connectivity index (χ3v) is 5.83. The van der Waals surface area contributed by atoms with Crippen LogP contribution in [0.5, 0.6) is 0 Å². The average Bonchev–Trinajstić information content (AvgIpc) is 3.38. The van der Waals surface area contributed by atoms with Crippen LogP contribution in [0, 0.1) is 0 Å². The van der Waals surface area contributed by atoms with E-state index >= 15 is 0 Å². The Labute approximate surface area is 191 Å². The number of hydrogen-bond acceptors (Lipinski definition) is 4. The van der Waals surface area contributed by atoms with E-state index in [2.05, 4.69) is 20.7 Å². The summed E-state index contributed by atoms with van der Waals surface area (Å²) >= 11 is 12.2. The van der Waals surface area contributed by atoms with Crippen LogP contribution in [0.4, 0.5) is 19.0 Å². The second-order valence-electron chi connectivity index (χ2n) is 7.41. The number of alkyl halides is 3. The topological polar surface area (TPSA) is 76.8 Å². The van der Waals surface area contributed by atoms with Crippen molar-refractivity contribution in [2.75, 3.05) is 11.9 Å². The fourth-order valence-electron chi connectivity index (χ4n) is 3.61. The lowest BCUT2D eigenvalue weighted by Gasteiger charge is -2.33. The molecule has 1 aliphatic heterocycles. The van der Waals surface area contributed by atoms with Crippen molar-refractivity contribution in [2.45, 2.75) is 37.6 Å². The number of amides is 1. The first-order valence-electron chi connectivity index (χ1n) is 9.84. The quantitative estimate of drug-likeness (QED) is 0.487. The van der Waals surface area contributed by atoms with Crippen LogP contribution in [-0.2, 0) is 6.54 Å². The van der Waals surface area contributed by atoms with Gasteiger partial charge in [0.05, 0.1) is 12.4 Å². The monoisotopic (exact) mass is 486 g/mol. The zero-order valence-electron chi connectivity index (χ0n) is 16.6. The van der Waals surface area contributed by atoms with Crippen LogP contribution >= 0.6 is 23.2 Å². The van der Waals surface area contributed by atoms with E-state index in [1.54, 1.807) is 43.0 Å². The molecule has 4 rings (SSSR count). The molecule has 0 radical (unpaired) electrons. The molecule has 170 valence electrons. The molecule has 7 nitrogen and oxygen atoms in total. The highest BCUT2D eigenvalue weighted by molar-refractivity contribution is 6.36. The third kappa shape index (κ3) is 4.71. The summed E-state index contributed by atoms with van der Waals surface area (Å²) in [6, 6.07) is 3.92. The van der Waals surface area contributed by atoms with Crippen molar-refractivity contribution < 1.29 is 18.0 Å². The fraction of sp³-hybridized carbons (Fsp3) is 0.350. The predicted molar refractivity (Wildman–Crippen MR) is 114 cm³/mol. The Kier molecular flexibility index (Phi) is 6.34. The normalized spacial score (nSPS) is 18.2. The Balaban J connectivity index is 1.53. The summed E-state index contributed by atoms with van der Waals surface area (Å²) in [5.41, 5.74) is 0.375. The Hall–Kier alpha value is -2.72. The number of nitrogens with one attached hydrogen (secondary N) is 2. The molecule has 2 atom stereocenters. The van der Waals surface area contributed by atoms with Crippen LogP contribution in [0.3, 0.4) is 0 Å². The molecule has 3 aromatic rings. The smallest absolute Gasteiger partial charge is 0.362 e. The van der Waals surface area contributed by atoms with Crippen LogP contribution in [-0.4, -0.2) is 38.0 Å². The lowest BCUT2D eigenvalue weighted by Crippen LogP contribution is -2.36. The largest absolute Gasteiger partial charge is 0.410 e. The first-order valence-corrected chi connectivity index (χ1v) is 10.6. The number of carbonyl (C=O) groups excluding carboxylic acids is 1. The van der Waals surface area contributed by atoms with Gasteiger partial charge in [-0.15, -0.1) is 0 Å². The van der Waals surface area contributed by atoms with Crippen molar-refractivity contribution in [1.82, 2.24) is 24.6 Å². The Bertz CT molecular complexity index is 1080. The SMILES string of the molecule is O=C(NCCCn1ccnc1)c1nn2c(c1Cl)N[C@H](c1ccc(Cl)cc1)C[C@H]2C(F)(F)F. The van der Waals surface area contributed by atoms with Gasteiger partial charge >= 0.3 is 6.18 Å². The van der Waals surface area contributed by atoms with Gasteiger partial charge in [0.25, 0.3) is 5.91 Å². The van der Waals surface area contributed by atoms with Crippen LogP contribution < -0.4 is 10.6 Å². The molecule has 1 aromatic carbocycles. The summed E-state index contributed by atoms with van der Waals surface area (Å²) in [4.78, 5) is 16.5. The zero-order chi connectivity index (χ0) is 22.9. The Morgan fingerprint density at radius 1 is 1.25 bits per heavy atom. The lowest BCUT2D eigenvalue weighted by atomic mass is 9.97. The van der Waals surface area contributed by atoms with E-state index in [-0.39, 0.29) is 23.0 Å². The van der Waals surface area contributed by atoms with Gasteiger partial charge in [-0.2, -0.15) is 18.3 Å². The van der Waals surface area contributed by atoms with E-state index in [0.717, 1.165) is 4.68 Å². The van der Waals surface area contributed by atoms with Gasteiger partial charge in [-0.05, 0) is 24.1 Å². The molecule has 0 bridgehead atoms. The maximum absolute atomic E-state index is 13.8. The molecule has 0 fully saturated rings. The number of aryl methyl sites for hydroxylation is 1. The van der Waals surface area contributed by atoms with Gasteiger partial charge in [-0.3, -0.25) is 4.79 Å². The van der Waals surface area contributed by atoms with Gasteiger partial charge in [0.2, 0.25) is 0 Å². The number of benzene rings is 1. The van der Waals surface area contributed by atoms with Gasteiger partial charge in [0.15, 0.2) is 11.7 Å². The van der Waals surface area contributed by atoms with E-state index < -0.39 is 24.2 Å². The first-order chi connectivity index (χ1) is 15.2. The van der Waals surface area contributed by atoms with Gasteiger partial charge < -0.3 is 15.2 Å². The number of anilines is 1. The molecule has 3 heterocycles. The summed E-state index contributed by atoms with van der Waals surface area (Å²) in [6.45, 7) is 0.938. The van der Waals surface area contributed by atoms with Crippen molar-refractivity contribution in [3.8, 4) is 0 Å². The number of hydrogen-bond donors (Lipinski definition) is 2. The highest BCUT2D eigenvalue weighted by atomic mass is 35.5. The molecule has 32 heavy (non-hydrogen) atoms. The van der Waals surface area contributed by atoms with E-state index in [9.17, 15) is 18.0 Å². The third-order valence-electron chi connectivity index (χ3n) is 5.22. The minimum Gasteiger partial charge on any atom is -0.362 e. The number of carbonyl (C=O) groups is 1. The first kappa shape index (κ1) is 22.5. The molecule has 0 spiro atoms.